The number of carboxylic acids is 2. The topological polar surface area (TPSA) is 408 Å². The Morgan fingerprint density at radius 1 is 0.597 bits per heavy atom. The van der Waals surface area contributed by atoms with Crippen LogP contribution in [0.25, 0.3) is 0 Å². The van der Waals surface area contributed by atoms with Gasteiger partial charge in [-0.1, -0.05) is 46.3 Å². The lowest BCUT2D eigenvalue weighted by molar-refractivity contribution is -0.369. The average Bonchev–Trinajstić information content (AvgIpc) is 3.55. The number of fused-ring (bicyclic) bond motifs is 7. The molecule has 8 fully saturated rings. The van der Waals surface area contributed by atoms with Gasteiger partial charge in [-0.2, -0.15) is 0 Å². The summed E-state index contributed by atoms with van der Waals surface area (Å²) in [5.41, 5.74) is -5.38. The van der Waals surface area contributed by atoms with Crippen LogP contribution >= 0.6 is 0 Å². The number of allylic oxidation sites excluding steroid dienone is 2. The fraction of sp³-hybridized carbons (Fsp3) is 0.904. The third-order valence-corrected chi connectivity index (χ3v) is 20.7. The lowest BCUT2D eigenvalue weighted by atomic mass is 9.33. The van der Waals surface area contributed by atoms with E-state index in [1.54, 1.807) is 0 Å². The van der Waals surface area contributed by atoms with Gasteiger partial charge in [0.2, 0.25) is 6.29 Å². The minimum Gasteiger partial charge on any atom is -0.481 e. The first kappa shape index (κ1) is 59.0. The second-order valence-electron chi connectivity index (χ2n) is 25.4. The van der Waals surface area contributed by atoms with Crippen molar-refractivity contribution in [1.29, 1.82) is 0 Å². The van der Waals surface area contributed by atoms with Crippen LogP contribution < -0.4 is 0 Å². The van der Waals surface area contributed by atoms with Crippen LogP contribution in [0.4, 0.5) is 0 Å². The second-order valence-corrected chi connectivity index (χ2v) is 25.4. The normalized spacial score (nSPS) is 54.6. The zero-order valence-corrected chi connectivity index (χ0v) is 44.3. The number of aliphatic carboxylic acids is 2. The summed E-state index contributed by atoms with van der Waals surface area (Å²) >= 11 is 0. The number of carbonyl (C=O) groups excluding carboxylic acids is 1. The van der Waals surface area contributed by atoms with Crippen molar-refractivity contribution in [2.75, 3.05) is 13.2 Å². The van der Waals surface area contributed by atoms with E-state index >= 15 is 4.79 Å². The minimum absolute atomic E-state index is 0.00693. The number of aliphatic hydroxyl groups is 12. The Morgan fingerprint density at radius 2 is 1.19 bits per heavy atom. The first-order valence-corrected chi connectivity index (χ1v) is 26.9. The van der Waals surface area contributed by atoms with Crippen LogP contribution in [0.2, 0.25) is 0 Å². The van der Waals surface area contributed by atoms with E-state index in [4.69, 9.17) is 37.9 Å². The van der Waals surface area contributed by atoms with Gasteiger partial charge < -0.3 is 109 Å². The molecule has 4 saturated heterocycles. The van der Waals surface area contributed by atoms with E-state index in [-0.39, 0.29) is 37.0 Å². The predicted octanol–water partition coefficient (Wildman–Crippen LogP) is -2.63. The first-order valence-electron chi connectivity index (χ1n) is 26.9. The fourth-order valence-corrected chi connectivity index (χ4v) is 16.1. The third kappa shape index (κ3) is 9.22. The maximum atomic E-state index is 15.3. The molecule has 77 heavy (non-hydrogen) atoms. The van der Waals surface area contributed by atoms with Crippen LogP contribution in [0.5, 0.6) is 0 Å². The van der Waals surface area contributed by atoms with Crippen molar-refractivity contribution in [2.45, 2.75) is 229 Å². The summed E-state index contributed by atoms with van der Waals surface area (Å²) in [6.45, 7) is 12.2. The van der Waals surface area contributed by atoms with E-state index in [9.17, 15) is 81.1 Å². The Balaban J connectivity index is 0.973. The molecule has 25 nitrogen and oxygen atoms in total. The summed E-state index contributed by atoms with van der Waals surface area (Å²) in [5, 5.41) is 153. The molecule has 9 aliphatic rings. The van der Waals surface area contributed by atoms with Crippen molar-refractivity contribution >= 4 is 17.9 Å². The van der Waals surface area contributed by atoms with Crippen molar-refractivity contribution in [3.05, 3.63) is 11.6 Å². The smallest absolute Gasteiger partial charge is 0.335 e. The van der Waals surface area contributed by atoms with Crippen molar-refractivity contribution < 1.29 is 124 Å². The Morgan fingerprint density at radius 3 is 1.84 bits per heavy atom. The Hall–Kier alpha value is -2.61. The number of hydrogen-bond donors (Lipinski definition) is 14. The summed E-state index contributed by atoms with van der Waals surface area (Å²) in [5.74, 6) is -5.53. The highest BCUT2D eigenvalue weighted by Crippen LogP contribution is 2.76. The Bertz CT molecular complexity index is 2250. The van der Waals surface area contributed by atoms with E-state index < -0.39 is 199 Å². The highest BCUT2D eigenvalue weighted by molar-refractivity contribution is 5.80. The predicted molar refractivity (Wildman–Crippen MR) is 255 cm³/mol. The van der Waals surface area contributed by atoms with Gasteiger partial charge in [0, 0.05) is 0 Å². The lowest BCUT2D eigenvalue weighted by Gasteiger charge is -2.71. The molecule has 0 aromatic carbocycles. The van der Waals surface area contributed by atoms with Crippen molar-refractivity contribution in [1.82, 2.24) is 0 Å². The molecule has 0 amide bonds. The first-order chi connectivity index (χ1) is 35.8. The van der Waals surface area contributed by atoms with Gasteiger partial charge in [0.25, 0.3) is 0 Å². The molecule has 0 spiro atoms. The molecular formula is C52H80O25. The minimum atomic E-state index is -2.03. The second kappa shape index (κ2) is 20.7. The number of hydrogen-bond acceptors (Lipinski definition) is 23. The summed E-state index contributed by atoms with van der Waals surface area (Å²) < 4.78 is 46.4. The van der Waals surface area contributed by atoms with Crippen molar-refractivity contribution in [3.63, 3.8) is 0 Å². The highest BCUT2D eigenvalue weighted by atomic mass is 16.8. The molecule has 0 bridgehead atoms. The molecule has 14 N–H and O–H groups in total. The van der Waals surface area contributed by atoms with Gasteiger partial charge in [0.05, 0.1) is 36.9 Å². The highest BCUT2D eigenvalue weighted by Gasteiger charge is 2.74. The quantitative estimate of drug-likeness (QED) is 0.0604. The monoisotopic (exact) mass is 1100 g/mol. The SMILES string of the molecule is C[C@@H]1OC(O[C@H]2[C@H](OC(=O)[C@]34CCC(C)(C)C[C@H]3C3=CCC5[C@@]6(C)C[C@H](O)[C@H](O[C@@H]7O[C@H](C(=O)O)[C@@H](O)[C@H](O)[C@H]7O)[C@@](C)(C(=O)O)C6CC[C@@]5(C)[C@]3(C)C[C@H]4O)OC[C@H](O)[C@@H]2O)[C@H](O)[C@H](O)[C@H]1O[C@@H]1OC[C@@H](O)[C@H](O)[C@H]1O. The van der Waals surface area contributed by atoms with Crippen molar-refractivity contribution in [3.8, 4) is 0 Å². The van der Waals surface area contributed by atoms with E-state index in [1.807, 2.05) is 6.92 Å². The average molecular weight is 1110 g/mol. The molecule has 5 aliphatic carbocycles. The molecule has 29 atom stereocenters. The summed E-state index contributed by atoms with van der Waals surface area (Å²) in [7, 11) is 0. The molecule has 438 valence electrons. The summed E-state index contributed by atoms with van der Waals surface area (Å²) in [6, 6.07) is 0. The van der Waals surface area contributed by atoms with Crippen LogP contribution in [-0.2, 0) is 52.3 Å². The maximum absolute atomic E-state index is 15.3. The number of carbonyl (C=O) groups is 3. The number of ether oxygens (including phenoxy) is 8. The zero-order valence-electron chi connectivity index (χ0n) is 44.3. The zero-order chi connectivity index (χ0) is 56.6. The van der Waals surface area contributed by atoms with Gasteiger partial charge in [0.1, 0.15) is 78.7 Å². The lowest BCUT2D eigenvalue weighted by Crippen LogP contribution is -2.71. The van der Waals surface area contributed by atoms with Crippen molar-refractivity contribution in [2.24, 2.45) is 50.2 Å². The molecule has 9 rings (SSSR count). The number of carboxylic acid groups (broad SMARTS) is 2. The van der Waals surface area contributed by atoms with Crippen LogP contribution in [-0.4, -0.2) is 232 Å². The molecular weight excluding hydrogens is 1020 g/mol. The Labute approximate surface area is 444 Å². The molecule has 4 heterocycles. The van der Waals surface area contributed by atoms with Crippen LogP contribution in [0.1, 0.15) is 99.8 Å². The van der Waals surface area contributed by atoms with E-state index in [0.29, 0.717) is 25.7 Å². The van der Waals surface area contributed by atoms with Crippen LogP contribution in [0.15, 0.2) is 11.6 Å². The molecule has 4 aliphatic heterocycles. The molecule has 0 radical (unpaired) electrons. The van der Waals surface area contributed by atoms with Gasteiger partial charge in [-0.15, -0.1) is 0 Å². The molecule has 4 saturated carbocycles. The van der Waals surface area contributed by atoms with Gasteiger partial charge >= 0.3 is 17.9 Å². The van der Waals surface area contributed by atoms with E-state index in [2.05, 4.69) is 33.8 Å². The summed E-state index contributed by atoms with van der Waals surface area (Å²) in [4.78, 5) is 40.9. The van der Waals surface area contributed by atoms with E-state index in [1.165, 1.54) is 13.8 Å². The largest absolute Gasteiger partial charge is 0.481 e. The summed E-state index contributed by atoms with van der Waals surface area (Å²) in [6.07, 6.45) is -31.4. The maximum Gasteiger partial charge on any atom is 0.335 e. The molecule has 0 aromatic heterocycles. The Kier molecular flexibility index (Phi) is 15.8. The van der Waals surface area contributed by atoms with Gasteiger partial charge in [-0.25, -0.2) is 4.79 Å². The number of esters is 1. The fourth-order valence-electron chi connectivity index (χ4n) is 16.1. The van der Waals surface area contributed by atoms with Gasteiger partial charge in [-0.3, -0.25) is 9.59 Å². The molecule has 25 heteroatoms. The molecule has 0 aromatic rings. The van der Waals surface area contributed by atoms with Gasteiger partial charge in [-0.05, 0) is 105 Å². The standard InChI is InChI=1S/C52H80O25/c1-19-36(73-41-33(62)28(57)23(54)17-70-41)32(61)35(64)42(72-19)75-38-29(58)24(55)18-71-44(38)77-46(69)52-13-12-47(2,3)14-21(52)20-8-9-25-48(4)15-22(53)39(76-43-34(63)30(59)31(60)37(74-43)40(65)66)51(7,45(67)68)26(48)10-11-49(25,5)50(20,6)16-27(52)56/h8,19,21-39,41-44,53-64H,9-18H2,1-7H3,(H,65,66)(H,67,68)/t19-,21-,22-,23+,24-,25?,26?,27+,28-,29-,30-,31-,32-,33+,34+,35+,36-,37-,38+,39-,41-,42?,43-,44-,48+,49+,50+,51-,52+/m0/s1. The van der Waals surface area contributed by atoms with Crippen LogP contribution in [0, 0.1) is 50.2 Å². The van der Waals surface area contributed by atoms with Crippen LogP contribution in [0.3, 0.4) is 0 Å². The number of aliphatic hydroxyl groups excluding tert-OH is 12. The third-order valence-electron chi connectivity index (χ3n) is 20.7. The van der Waals surface area contributed by atoms with Gasteiger partial charge in [0.15, 0.2) is 31.1 Å². The number of rotatable bonds is 10. The van der Waals surface area contributed by atoms with E-state index in [0.717, 1.165) is 5.57 Å². The molecule has 3 unspecified atom stereocenters.